The zero-order chi connectivity index (χ0) is 22.3. The Labute approximate surface area is 187 Å². The molecule has 4 rings (SSSR count). The SMILES string of the molecule is CCOc1ccccc1NC(=O)c1cccc(Nc2ncc(-c3cccc(C)c3)cn2)c1. The van der Waals surface area contributed by atoms with E-state index < -0.39 is 0 Å². The van der Waals surface area contributed by atoms with E-state index in [-0.39, 0.29) is 5.91 Å². The molecule has 0 radical (unpaired) electrons. The number of ether oxygens (including phenoxy) is 1. The highest BCUT2D eigenvalue weighted by Crippen LogP contribution is 2.25. The molecule has 0 spiro atoms. The summed E-state index contributed by atoms with van der Waals surface area (Å²) in [6, 6.07) is 22.8. The summed E-state index contributed by atoms with van der Waals surface area (Å²) in [5.74, 6) is 0.872. The minimum absolute atomic E-state index is 0.225. The molecule has 0 aliphatic carbocycles. The van der Waals surface area contributed by atoms with Gasteiger partial charge in [0.15, 0.2) is 0 Å². The maximum absolute atomic E-state index is 12.8. The number of hydrogen-bond acceptors (Lipinski definition) is 5. The predicted molar refractivity (Wildman–Crippen MR) is 127 cm³/mol. The topological polar surface area (TPSA) is 76.1 Å². The number of amides is 1. The largest absolute Gasteiger partial charge is 0.492 e. The summed E-state index contributed by atoms with van der Waals surface area (Å²) in [6.07, 6.45) is 3.57. The Kier molecular flexibility index (Phi) is 6.41. The lowest BCUT2D eigenvalue weighted by molar-refractivity contribution is 0.102. The number of nitrogens with one attached hydrogen (secondary N) is 2. The predicted octanol–water partition coefficient (Wildman–Crippen LogP) is 5.85. The number of para-hydroxylation sites is 2. The van der Waals surface area contributed by atoms with Crippen LogP contribution in [0.25, 0.3) is 11.1 Å². The summed E-state index contributed by atoms with van der Waals surface area (Å²) in [6.45, 7) is 4.48. The molecule has 6 heteroatoms. The maximum atomic E-state index is 12.8. The van der Waals surface area contributed by atoms with Crippen molar-refractivity contribution in [2.24, 2.45) is 0 Å². The van der Waals surface area contributed by atoms with E-state index in [9.17, 15) is 4.79 Å². The van der Waals surface area contributed by atoms with E-state index >= 15 is 0 Å². The maximum Gasteiger partial charge on any atom is 0.255 e. The molecule has 0 unspecified atom stereocenters. The second-order valence-electron chi connectivity index (χ2n) is 7.25. The molecule has 0 saturated heterocycles. The van der Waals surface area contributed by atoms with Gasteiger partial charge in [0.25, 0.3) is 5.91 Å². The van der Waals surface area contributed by atoms with E-state index in [2.05, 4.69) is 39.7 Å². The number of carbonyl (C=O) groups excluding carboxylic acids is 1. The molecule has 0 atom stereocenters. The van der Waals surface area contributed by atoms with Crippen molar-refractivity contribution in [1.82, 2.24) is 9.97 Å². The summed E-state index contributed by atoms with van der Waals surface area (Å²) in [7, 11) is 0. The first-order valence-corrected chi connectivity index (χ1v) is 10.4. The fourth-order valence-corrected chi connectivity index (χ4v) is 3.28. The highest BCUT2D eigenvalue weighted by molar-refractivity contribution is 6.05. The molecule has 0 aliphatic rings. The third-order valence-electron chi connectivity index (χ3n) is 4.82. The molecule has 0 aliphatic heterocycles. The Balaban J connectivity index is 1.47. The van der Waals surface area contributed by atoms with Gasteiger partial charge in [0.05, 0.1) is 12.3 Å². The highest BCUT2D eigenvalue weighted by atomic mass is 16.5. The summed E-state index contributed by atoms with van der Waals surface area (Å²) in [5.41, 5.74) is 5.07. The van der Waals surface area contributed by atoms with Gasteiger partial charge in [-0.15, -0.1) is 0 Å². The molecule has 2 N–H and O–H groups in total. The van der Waals surface area contributed by atoms with Crippen molar-refractivity contribution in [3.05, 3.63) is 96.3 Å². The van der Waals surface area contributed by atoms with Gasteiger partial charge in [0, 0.05) is 29.2 Å². The Bertz CT molecular complexity index is 1220. The molecule has 3 aromatic carbocycles. The molecule has 4 aromatic rings. The monoisotopic (exact) mass is 424 g/mol. The first-order chi connectivity index (χ1) is 15.6. The quantitative estimate of drug-likeness (QED) is 0.389. The summed E-state index contributed by atoms with van der Waals surface area (Å²) in [4.78, 5) is 21.6. The van der Waals surface area contributed by atoms with E-state index in [1.165, 1.54) is 5.56 Å². The van der Waals surface area contributed by atoms with Crippen LogP contribution in [0.2, 0.25) is 0 Å². The fourth-order valence-electron chi connectivity index (χ4n) is 3.28. The van der Waals surface area contributed by atoms with E-state index in [1.54, 1.807) is 24.5 Å². The standard InChI is InChI=1S/C26H24N4O2/c1-3-32-24-13-5-4-12-23(24)30-25(31)20-10-7-11-22(15-20)29-26-27-16-21(17-28-26)19-9-6-8-18(2)14-19/h4-17H,3H2,1-2H3,(H,30,31)(H,27,28,29). The van der Waals surface area contributed by atoms with Gasteiger partial charge in [-0.1, -0.05) is 48.0 Å². The van der Waals surface area contributed by atoms with E-state index in [1.807, 2.05) is 55.5 Å². The molecule has 160 valence electrons. The second-order valence-corrected chi connectivity index (χ2v) is 7.25. The Morgan fingerprint density at radius 3 is 2.47 bits per heavy atom. The average Bonchev–Trinajstić information content (AvgIpc) is 2.81. The Hall–Kier alpha value is -4.19. The van der Waals surface area contributed by atoms with Crippen molar-refractivity contribution in [3.63, 3.8) is 0 Å². The minimum Gasteiger partial charge on any atom is -0.492 e. The van der Waals surface area contributed by atoms with Crippen LogP contribution >= 0.6 is 0 Å². The van der Waals surface area contributed by atoms with Crippen LogP contribution in [0.5, 0.6) is 5.75 Å². The van der Waals surface area contributed by atoms with Crippen LogP contribution in [0.1, 0.15) is 22.8 Å². The van der Waals surface area contributed by atoms with Crippen molar-refractivity contribution >= 4 is 23.2 Å². The smallest absolute Gasteiger partial charge is 0.255 e. The van der Waals surface area contributed by atoms with Gasteiger partial charge >= 0.3 is 0 Å². The molecule has 0 fully saturated rings. The van der Waals surface area contributed by atoms with Crippen LogP contribution in [0.3, 0.4) is 0 Å². The number of anilines is 3. The van der Waals surface area contributed by atoms with Gasteiger partial charge in [-0.3, -0.25) is 4.79 Å². The number of nitrogens with zero attached hydrogens (tertiary/aromatic N) is 2. The number of rotatable bonds is 7. The number of carbonyl (C=O) groups is 1. The molecular formula is C26H24N4O2. The lowest BCUT2D eigenvalue weighted by atomic mass is 10.1. The summed E-state index contributed by atoms with van der Waals surface area (Å²) in [5, 5.41) is 6.07. The summed E-state index contributed by atoms with van der Waals surface area (Å²) < 4.78 is 5.58. The van der Waals surface area contributed by atoms with E-state index in [0.29, 0.717) is 29.6 Å². The van der Waals surface area contributed by atoms with Crippen LogP contribution in [-0.4, -0.2) is 22.5 Å². The van der Waals surface area contributed by atoms with Crippen molar-refractivity contribution < 1.29 is 9.53 Å². The van der Waals surface area contributed by atoms with E-state index in [0.717, 1.165) is 16.8 Å². The molecule has 6 nitrogen and oxygen atoms in total. The molecule has 1 aromatic heterocycles. The van der Waals surface area contributed by atoms with E-state index in [4.69, 9.17) is 4.74 Å². The number of aromatic nitrogens is 2. The molecule has 1 heterocycles. The average molecular weight is 425 g/mol. The normalized spacial score (nSPS) is 10.4. The van der Waals surface area contributed by atoms with Gasteiger partial charge in [-0.05, 0) is 49.7 Å². The molecule has 1 amide bonds. The fraction of sp³-hybridized carbons (Fsp3) is 0.115. The van der Waals surface area contributed by atoms with Gasteiger partial charge in [-0.25, -0.2) is 9.97 Å². The first-order valence-electron chi connectivity index (χ1n) is 10.4. The third kappa shape index (κ3) is 5.10. The second kappa shape index (κ2) is 9.75. The van der Waals surface area contributed by atoms with Gasteiger partial charge < -0.3 is 15.4 Å². The summed E-state index contributed by atoms with van der Waals surface area (Å²) >= 11 is 0. The lowest BCUT2D eigenvalue weighted by Gasteiger charge is -2.12. The zero-order valence-corrected chi connectivity index (χ0v) is 18.0. The van der Waals surface area contributed by atoms with Gasteiger partial charge in [0.1, 0.15) is 5.75 Å². The number of aryl methyl sites for hydroxylation is 1. The Morgan fingerprint density at radius 1 is 0.906 bits per heavy atom. The van der Waals surface area contributed by atoms with Crippen molar-refractivity contribution in [2.45, 2.75) is 13.8 Å². The van der Waals surface area contributed by atoms with Crippen LogP contribution in [0.15, 0.2) is 85.2 Å². The Morgan fingerprint density at radius 2 is 1.69 bits per heavy atom. The molecule has 0 saturated carbocycles. The minimum atomic E-state index is -0.225. The number of hydrogen-bond donors (Lipinski definition) is 2. The lowest BCUT2D eigenvalue weighted by Crippen LogP contribution is -2.13. The molecule has 32 heavy (non-hydrogen) atoms. The third-order valence-corrected chi connectivity index (χ3v) is 4.82. The number of benzene rings is 3. The van der Waals surface area contributed by atoms with Crippen molar-refractivity contribution in [1.29, 1.82) is 0 Å². The zero-order valence-electron chi connectivity index (χ0n) is 18.0. The molecular weight excluding hydrogens is 400 g/mol. The van der Waals surface area contributed by atoms with Crippen LogP contribution in [-0.2, 0) is 0 Å². The van der Waals surface area contributed by atoms with Crippen LogP contribution < -0.4 is 15.4 Å². The highest BCUT2D eigenvalue weighted by Gasteiger charge is 2.11. The first kappa shape index (κ1) is 21.1. The molecule has 0 bridgehead atoms. The van der Waals surface area contributed by atoms with Gasteiger partial charge in [-0.2, -0.15) is 0 Å². The van der Waals surface area contributed by atoms with Crippen molar-refractivity contribution in [2.75, 3.05) is 17.2 Å². The van der Waals surface area contributed by atoms with Gasteiger partial charge in [0.2, 0.25) is 5.95 Å². The van der Waals surface area contributed by atoms with Crippen LogP contribution in [0, 0.1) is 6.92 Å². The van der Waals surface area contributed by atoms with Crippen LogP contribution in [0.4, 0.5) is 17.3 Å². The van der Waals surface area contributed by atoms with Crippen molar-refractivity contribution in [3.8, 4) is 16.9 Å².